The molecule has 0 aliphatic rings. The predicted octanol–water partition coefficient (Wildman–Crippen LogP) is -0.181. The Kier molecular flexibility index (Phi) is 5.28. The van der Waals surface area contributed by atoms with Gasteiger partial charge in [-0.2, -0.15) is 0 Å². The normalized spacial score (nSPS) is 12.5. The number of hydrogen-bond acceptors (Lipinski definition) is 3. The van der Waals surface area contributed by atoms with Crippen molar-refractivity contribution in [3.63, 3.8) is 0 Å². The van der Waals surface area contributed by atoms with E-state index < -0.39 is 0 Å². The number of carbonyl (C=O) groups is 2. The van der Waals surface area contributed by atoms with Crippen molar-refractivity contribution in [2.45, 2.75) is 32.2 Å². The van der Waals surface area contributed by atoms with Crippen molar-refractivity contribution in [2.24, 2.45) is 5.73 Å². The molecule has 70 valence electrons. The number of ketones is 1. The Bertz CT molecular complexity index is 168. The van der Waals surface area contributed by atoms with Gasteiger partial charge in [-0.25, -0.2) is 0 Å². The molecule has 0 saturated carbocycles. The molecule has 0 fully saturated rings. The molecule has 0 saturated heterocycles. The molecule has 0 aromatic carbocycles. The number of amides is 1. The molecule has 1 amide bonds. The molecule has 0 aromatic heterocycles. The van der Waals surface area contributed by atoms with Gasteiger partial charge in [-0.15, -0.1) is 0 Å². The van der Waals surface area contributed by atoms with Gasteiger partial charge in [0.15, 0.2) is 0 Å². The van der Waals surface area contributed by atoms with Gasteiger partial charge in [-0.3, -0.25) is 9.59 Å². The van der Waals surface area contributed by atoms with Gasteiger partial charge in [0.25, 0.3) is 0 Å². The average molecular weight is 172 g/mol. The largest absolute Gasteiger partial charge is 0.370 e. The second-order valence-electron chi connectivity index (χ2n) is 2.90. The Labute approximate surface area is 72.5 Å². The maximum Gasteiger partial charge on any atom is 0.217 e. The van der Waals surface area contributed by atoms with E-state index >= 15 is 0 Å². The summed E-state index contributed by atoms with van der Waals surface area (Å²) < 4.78 is 0. The molecule has 0 aliphatic heterocycles. The standard InChI is InChI=1S/C8H16N2O2/c1-6(11)5-7(10-2)3-4-8(9)12/h7,10H,3-5H2,1-2H3,(H2,9,12). The van der Waals surface area contributed by atoms with Crippen LogP contribution >= 0.6 is 0 Å². The fourth-order valence-electron chi connectivity index (χ4n) is 1.01. The van der Waals surface area contributed by atoms with E-state index in [4.69, 9.17) is 5.73 Å². The molecule has 0 aliphatic carbocycles. The Morgan fingerprint density at radius 3 is 2.42 bits per heavy atom. The molecule has 0 rings (SSSR count). The smallest absolute Gasteiger partial charge is 0.217 e. The van der Waals surface area contributed by atoms with Crippen molar-refractivity contribution in [1.82, 2.24) is 5.32 Å². The lowest BCUT2D eigenvalue weighted by Gasteiger charge is -2.12. The first-order valence-electron chi connectivity index (χ1n) is 4.01. The van der Waals surface area contributed by atoms with Crippen LogP contribution in [0.5, 0.6) is 0 Å². The van der Waals surface area contributed by atoms with Crippen LogP contribution in [0.4, 0.5) is 0 Å². The first-order valence-corrected chi connectivity index (χ1v) is 4.01. The molecule has 1 unspecified atom stereocenters. The summed E-state index contributed by atoms with van der Waals surface area (Å²) >= 11 is 0. The van der Waals surface area contributed by atoms with Gasteiger partial charge in [0.1, 0.15) is 5.78 Å². The Morgan fingerprint density at radius 2 is 2.08 bits per heavy atom. The van der Waals surface area contributed by atoms with Crippen molar-refractivity contribution >= 4 is 11.7 Å². The molecule has 0 bridgehead atoms. The molecule has 1 atom stereocenters. The van der Waals surface area contributed by atoms with E-state index in [1.54, 1.807) is 7.05 Å². The van der Waals surface area contributed by atoms with Gasteiger partial charge in [0, 0.05) is 18.9 Å². The van der Waals surface area contributed by atoms with E-state index in [9.17, 15) is 9.59 Å². The zero-order valence-corrected chi connectivity index (χ0v) is 7.59. The molecule has 4 heteroatoms. The van der Waals surface area contributed by atoms with E-state index in [1.807, 2.05) is 0 Å². The van der Waals surface area contributed by atoms with E-state index in [2.05, 4.69) is 5.32 Å². The number of rotatable bonds is 6. The molecular weight excluding hydrogens is 156 g/mol. The summed E-state index contributed by atoms with van der Waals surface area (Å²) in [6.07, 6.45) is 1.42. The Morgan fingerprint density at radius 1 is 1.50 bits per heavy atom. The molecule has 0 aromatic rings. The molecule has 0 radical (unpaired) electrons. The van der Waals surface area contributed by atoms with Gasteiger partial charge >= 0.3 is 0 Å². The number of carbonyl (C=O) groups excluding carboxylic acids is 2. The third kappa shape index (κ3) is 5.85. The lowest BCUT2D eigenvalue weighted by atomic mass is 10.1. The lowest BCUT2D eigenvalue weighted by molar-refractivity contribution is -0.119. The van der Waals surface area contributed by atoms with Crippen LogP contribution in [0.2, 0.25) is 0 Å². The van der Waals surface area contributed by atoms with Crippen LogP contribution in [0.25, 0.3) is 0 Å². The number of hydrogen-bond donors (Lipinski definition) is 2. The van der Waals surface area contributed by atoms with Crippen LogP contribution < -0.4 is 11.1 Å². The summed E-state index contributed by atoms with van der Waals surface area (Å²) in [5.74, 6) is -0.197. The number of primary amides is 1. The van der Waals surface area contributed by atoms with Crippen molar-refractivity contribution in [3.8, 4) is 0 Å². The third-order valence-electron chi connectivity index (χ3n) is 1.68. The zero-order valence-electron chi connectivity index (χ0n) is 7.59. The lowest BCUT2D eigenvalue weighted by Crippen LogP contribution is -2.29. The van der Waals surface area contributed by atoms with Crippen molar-refractivity contribution in [1.29, 1.82) is 0 Å². The topological polar surface area (TPSA) is 72.2 Å². The molecule has 4 nitrogen and oxygen atoms in total. The Balaban J connectivity index is 3.67. The van der Waals surface area contributed by atoms with Crippen LogP contribution in [-0.4, -0.2) is 24.8 Å². The fraction of sp³-hybridized carbons (Fsp3) is 0.750. The van der Waals surface area contributed by atoms with Crippen LogP contribution in [0.3, 0.4) is 0 Å². The second kappa shape index (κ2) is 5.71. The summed E-state index contributed by atoms with van der Waals surface area (Å²) in [5, 5.41) is 2.96. The monoisotopic (exact) mass is 172 g/mol. The maximum atomic E-state index is 10.7. The van der Waals surface area contributed by atoms with Crippen molar-refractivity contribution in [2.75, 3.05) is 7.05 Å². The fourth-order valence-corrected chi connectivity index (χ4v) is 1.01. The zero-order chi connectivity index (χ0) is 9.56. The van der Waals surface area contributed by atoms with Gasteiger partial charge in [0.2, 0.25) is 5.91 Å². The van der Waals surface area contributed by atoms with E-state index in [0.29, 0.717) is 19.3 Å². The van der Waals surface area contributed by atoms with E-state index in [-0.39, 0.29) is 17.7 Å². The molecule has 3 N–H and O–H groups in total. The molecule has 0 heterocycles. The van der Waals surface area contributed by atoms with Crippen LogP contribution in [0.15, 0.2) is 0 Å². The summed E-state index contributed by atoms with van der Waals surface area (Å²) in [6.45, 7) is 1.54. The SMILES string of the molecule is CNC(CCC(N)=O)CC(C)=O. The minimum atomic E-state index is -0.321. The number of nitrogens with two attached hydrogens (primary N) is 1. The summed E-state index contributed by atoms with van der Waals surface area (Å²) in [5.41, 5.74) is 4.97. The van der Waals surface area contributed by atoms with Gasteiger partial charge in [0.05, 0.1) is 0 Å². The Hall–Kier alpha value is -0.900. The predicted molar refractivity (Wildman–Crippen MR) is 46.6 cm³/mol. The van der Waals surface area contributed by atoms with Gasteiger partial charge in [-0.05, 0) is 20.4 Å². The van der Waals surface area contributed by atoms with Crippen molar-refractivity contribution in [3.05, 3.63) is 0 Å². The molecular formula is C8H16N2O2. The van der Waals surface area contributed by atoms with Gasteiger partial charge < -0.3 is 11.1 Å². The van der Waals surface area contributed by atoms with E-state index in [0.717, 1.165) is 0 Å². The molecule has 12 heavy (non-hydrogen) atoms. The average Bonchev–Trinajstić information content (AvgIpc) is 1.97. The highest BCUT2D eigenvalue weighted by molar-refractivity contribution is 5.76. The minimum Gasteiger partial charge on any atom is -0.370 e. The second-order valence-corrected chi connectivity index (χ2v) is 2.90. The summed E-state index contributed by atoms with van der Waals surface area (Å²) in [6, 6.07) is 0.0787. The first kappa shape index (κ1) is 11.1. The summed E-state index contributed by atoms with van der Waals surface area (Å²) in [4.78, 5) is 21.1. The highest BCUT2D eigenvalue weighted by Crippen LogP contribution is 2.01. The highest BCUT2D eigenvalue weighted by Gasteiger charge is 2.09. The highest BCUT2D eigenvalue weighted by atomic mass is 16.1. The molecule has 0 spiro atoms. The van der Waals surface area contributed by atoms with Gasteiger partial charge in [-0.1, -0.05) is 0 Å². The maximum absolute atomic E-state index is 10.7. The van der Waals surface area contributed by atoms with Crippen molar-refractivity contribution < 1.29 is 9.59 Å². The van der Waals surface area contributed by atoms with Crippen LogP contribution in [0.1, 0.15) is 26.2 Å². The number of nitrogens with one attached hydrogen (secondary N) is 1. The van der Waals surface area contributed by atoms with E-state index in [1.165, 1.54) is 6.92 Å². The van der Waals surface area contributed by atoms with Crippen LogP contribution in [0, 0.1) is 0 Å². The first-order chi connectivity index (χ1) is 5.56. The quantitative estimate of drug-likeness (QED) is 0.583. The number of Topliss-reactive ketones (excluding diaryl/α,β-unsaturated/α-hetero) is 1. The third-order valence-corrected chi connectivity index (χ3v) is 1.68. The summed E-state index contributed by atoms with van der Waals surface area (Å²) in [7, 11) is 1.77. The van der Waals surface area contributed by atoms with Crippen LogP contribution in [-0.2, 0) is 9.59 Å². The minimum absolute atomic E-state index is 0.0787.